The third-order valence-corrected chi connectivity index (χ3v) is 8.12. The zero-order valence-corrected chi connectivity index (χ0v) is 21.5. The molecule has 10 heteroatoms. The number of aliphatic hydroxyl groups is 1. The number of aliphatic hydroxyl groups excluding tert-OH is 1. The molecule has 0 saturated carbocycles. The van der Waals surface area contributed by atoms with Gasteiger partial charge in [0.2, 0.25) is 0 Å². The van der Waals surface area contributed by atoms with E-state index >= 15 is 0 Å². The molecule has 3 aliphatic rings. The van der Waals surface area contributed by atoms with Crippen molar-refractivity contribution in [3.63, 3.8) is 0 Å². The summed E-state index contributed by atoms with van der Waals surface area (Å²) in [6.45, 7) is 7.85. The largest absolute Gasteiger partial charge is 0.384 e. The van der Waals surface area contributed by atoms with Crippen molar-refractivity contribution in [2.75, 3.05) is 18.8 Å². The second-order valence-corrected chi connectivity index (χ2v) is 10.6. The number of nitrogens with two attached hydrogens (primary N) is 1. The molecule has 1 atom stereocenters. The first-order chi connectivity index (χ1) is 15.7. The number of imidazole rings is 1. The van der Waals surface area contributed by atoms with Gasteiger partial charge in [0.15, 0.2) is 22.5 Å². The van der Waals surface area contributed by atoms with Gasteiger partial charge in [0.25, 0.3) is 5.91 Å². The van der Waals surface area contributed by atoms with Crippen molar-refractivity contribution in [2.45, 2.75) is 62.7 Å². The molecule has 0 aliphatic carbocycles. The lowest BCUT2D eigenvalue weighted by molar-refractivity contribution is -0.140. The average Bonchev–Trinajstić information content (AvgIpc) is 3.21. The molecule has 3 N–H and O–H groups in total. The Bertz CT molecular complexity index is 1130. The van der Waals surface area contributed by atoms with Gasteiger partial charge in [-0.05, 0) is 96.9 Å². The van der Waals surface area contributed by atoms with Crippen LogP contribution < -0.4 is 5.73 Å². The van der Waals surface area contributed by atoms with Crippen molar-refractivity contribution in [2.24, 2.45) is 5.92 Å². The number of halogens is 1. The van der Waals surface area contributed by atoms with E-state index in [1.54, 1.807) is 11.2 Å². The lowest BCUT2D eigenvalue weighted by Gasteiger charge is -2.33. The summed E-state index contributed by atoms with van der Waals surface area (Å²) in [6, 6.07) is 4.24. The summed E-state index contributed by atoms with van der Waals surface area (Å²) in [7, 11) is 0. The second-order valence-electron chi connectivity index (χ2n) is 8.70. The van der Waals surface area contributed by atoms with Gasteiger partial charge in [-0.3, -0.25) is 4.79 Å². The number of nitrogen functional groups attached to an aromatic ring is 1. The van der Waals surface area contributed by atoms with Crippen molar-refractivity contribution in [1.29, 1.82) is 0 Å². The molecule has 1 amide bonds. The number of hydrogen-bond donors (Lipinski definition) is 2. The quantitative estimate of drug-likeness (QED) is 0.495. The van der Waals surface area contributed by atoms with Gasteiger partial charge in [0.05, 0.1) is 6.33 Å². The van der Waals surface area contributed by atoms with Crippen molar-refractivity contribution >= 4 is 39.4 Å². The van der Waals surface area contributed by atoms with Gasteiger partial charge in [-0.25, -0.2) is 15.0 Å². The lowest BCUT2D eigenvalue weighted by Crippen LogP contribution is -2.43. The SMILES string of the molecule is Cc1cc(Br)c(Sc2nc3c(N)ncn(CCC4CCN(C(=O)[C@H](C)O)CC4)c-3n2)cc1C. The zero-order valence-electron chi connectivity index (χ0n) is 19.1. The maximum Gasteiger partial charge on any atom is 0.251 e. The minimum Gasteiger partial charge on any atom is -0.384 e. The Labute approximate surface area is 206 Å². The van der Waals surface area contributed by atoms with Gasteiger partial charge in [-0.15, -0.1) is 0 Å². The van der Waals surface area contributed by atoms with E-state index in [0.29, 0.717) is 35.7 Å². The molecule has 8 nitrogen and oxygen atoms in total. The van der Waals surface area contributed by atoms with E-state index in [1.165, 1.54) is 29.8 Å². The predicted octanol–water partition coefficient (Wildman–Crippen LogP) is 3.90. The normalized spacial score (nSPS) is 15.8. The van der Waals surface area contributed by atoms with Crippen molar-refractivity contribution < 1.29 is 9.90 Å². The zero-order chi connectivity index (χ0) is 23.7. The first kappa shape index (κ1) is 24.0. The molecule has 3 aliphatic heterocycles. The van der Waals surface area contributed by atoms with Crippen molar-refractivity contribution in [1.82, 2.24) is 24.4 Å². The number of carbonyl (C=O) groups excluding carboxylic acids is 1. The maximum atomic E-state index is 12.0. The van der Waals surface area contributed by atoms with E-state index < -0.39 is 6.10 Å². The minimum atomic E-state index is -0.932. The highest BCUT2D eigenvalue weighted by Gasteiger charge is 2.26. The average molecular weight is 533 g/mol. The van der Waals surface area contributed by atoms with Crippen LogP contribution in [0.25, 0.3) is 11.5 Å². The smallest absolute Gasteiger partial charge is 0.251 e. The Morgan fingerprint density at radius 1 is 1.27 bits per heavy atom. The third kappa shape index (κ3) is 5.33. The molecule has 0 bridgehead atoms. The van der Waals surface area contributed by atoms with Crippen LogP contribution >= 0.6 is 27.7 Å². The summed E-state index contributed by atoms with van der Waals surface area (Å²) < 4.78 is 3.04. The molecule has 0 spiro atoms. The van der Waals surface area contributed by atoms with Gasteiger partial charge in [0, 0.05) is 29.0 Å². The lowest BCUT2D eigenvalue weighted by atomic mass is 9.93. The molecule has 0 unspecified atom stereocenters. The highest BCUT2D eigenvalue weighted by molar-refractivity contribution is 9.10. The number of aryl methyl sites for hydroxylation is 3. The molecule has 1 saturated heterocycles. The highest BCUT2D eigenvalue weighted by atomic mass is 79.9. The van der Waals surface area contributed by atoms with E-state index in [1.807, 2.05) is 4.57 Å². The Morgan fingerprint density at radius 3 is 2.67 bits per heavy atom. The summed E-state index contributed by atoms with van der Waals surface area (Å²) in [5.74, 6) is 1.45. The second kappa shape index (κ2) is 9.99. The van der Waals surface area contributed by atoms with Crippen LogP contribution in [0.15, 0.2) is 33.0 Å². The number of rotatable bonds is 6. The number of nitrogens with zero attached hydrogens (tertiary/aromatic N) is 5. The van der Waals surface area contributed by atoms with Crippen LogP contribution in [-0.2, 0) is 11.3 Å². The van der Waals surface area contributed by atoms with E-state index in [4.69, 9.17) is 10.7 Å². The number of hydrogen-bond acceptors (Lipinski definition) is 7. The molecule has 3 heterocycles. The van der Waals surface area contributed by atoms with Gasteiger partial charge in [-0.1, -0.05) is 0 Å². The van der Waals surface area contributed by atoms with Gasteiger partial charge in [-0.2, -0.15) is 0 Å². The summed E-state index contributed by atoms with van der Waals surface area (Å²) in [4.78, 5) is 28.6. The fourth-order valence-electron chi connectivity index (χ4n) is 4.10. The summed E-state index contributed by atoms with van der Waals surface area (Å²) in [5, 5.41) is 10.2. The highest BCUT2D eigenvalue weighted by Crippen LogP contribution is 2.36. The number of amides is 1. The molecule has 1 aromatic carbocycles. The monoisotopic (exact) mass is 532 g/mol. The molecule has 1 aromatic rings. The predicted molar refractivity (Wildman–Crippen MR) is 132 cm³/mol. The van der Waals surface area contributed by atoms with E-state index in [-0.39, 0.29) is 5.91 Å². The van der Waals surface area contributed by atoms with Crippen LogP contribution in [-0.4, -0.2) is 54.6 Å². The number of anilines is 1. The fraction of sp³-hybridized carbons (Fsp3) is 0.478. The van der Waals surface area contributed by atoms with Crippen LogP contribution in [0.1, 0.15) is 37.3 Å². The first-order valence-corrected chi connectivity index (χ1v) is 12.7. The Balaban J connectivity index is 1.45. The number of likely N-dealkylation sites (tertiary alicyclic amines) is 1. The fourth-order valence-corrected chi connectivity index (χ4v) is 5.66. The van der Waals surface area contributed by atoms with Crippen molar-refractivity contribution in [3.05, 3.63) is 34.1 Å². The van der Waals surface area contributed by atoms with Crippen LogP contribution in [0, 0.1) is 19.8 Å². The topological polar surface area (TPSA) is 110 Å². The Kier molecular flexibility index (Phi) is 7.25. The molecule has 0 radical (unpaired) electrons. The number of piperidine rings is 1. The van der Waals surface area contributed by atoms with Crippen LogP contribution in [0.3, 0.4) is 0 Å². The minimum absolute atomic E-state index is 0.181. The summed E-state index contributed by atoms with van der Waals surface area (Å²) in [5.41, 5.74) is 9.18. The van der Waals surface area contributed by atoms with Gasteiger partial charge < -0.3 is 20.3 Å². The standard InChI is InChI=1S/C23H29BrN6O2S/c1-13-10-17(24)18(11-14(13)2)33-23-27-19-20(25)26-12-30(21(19)28-23)9-6-16-4-7-29(8-5-16)22(32)15(3)31/h10-12,15-16,31H,4-9,25H2,1-3H3/t15-/m0/s1. The number of carbonyl (C=O) groups is 1. The maximum absolute atomic E-state index is 12.0. The Hall–Kier alpha value is -2.17. The molecular weight excluding hydrogens is 504 g/mol. The summed E-state index contributed by atoms with van der Waals surface area (Å²) >= 11 is 5.15. The molecule has 0 aromatic heterocycles. The summed E-state index contributed by atoms with van der Waals surface area (Å²) in [6.07, 6.45) is 3.62. The molecule has 4 rings (SSSR count). The first-order valence-electron chi connectivity index (χ1n) is 11.1. The van der Waals surface area contributed by atoms with E-state index in [2.05, 4.69) is 51.9 Å². The van der Waals surface area contributed by atoms with Crippen molar-refractivity contribution in [3.8, 4) is 11.5 Å². The van der Waals surface area contributed by atoms with Crippen LogP contribution in [0.4, 0.5) is 5.82 Å². The molecule has 176 valence electrons. The third-order valence-electron chi connectivity index (χ3n) is 6.28. The number of benzene rings is 1. The molecule has 33 heavy (non-hydrogen) atoms. The Morgan fingerprint density at radius 2 is 1.97 bits per heavy atom. The van der Waals surface area contributed by atoms with Crippen LogP contribution in [0.2, 0.25) is 0 Å². The number of aromatic nitrogens is 4. The molecular formula is C23H29BrN6O2S. The van der Waals surface area contributed by atoms with Crippen LogP contribution in [0.5, 0.6) is 0 Å². The van der Waals surface area contributed by atoms with Gasteiger partial charge >= 0.3 is 0 Å². The number of fused-ring (bicyclic) bond motifs is 1. The van der Waals surface area contributed by atoms with E-state index in [0.717, 1.165) is 41.0 Å². The van der Waals surface area contributed by atoms with E-state index in [9.17, 15) is 9.90 Å². The van der Waals surface area contributed by atoms with Gasteiger partial charge in [0.1, 0.15) is 6.10 Å². The molecule has 1 fully saturated rings.